The minimum Gasteiger partial charge on any atom is -0.481 e. The number of benzene rings is 2. The van der Waals surface area contributed by atoms with Crippen molar-refractivity contribution in [2.45, 2.75) is 13.0 Å². The molecule has 0 heterocycles. The average Bonchev–Trinajstić information content (AvgIpc) is 2.59. The van der Waals surface area contributed by atoms with E-state index in [2.05, 4.69) is 5.10 Å². The molecule has 2 aromatic carbocycles. The smallest absolute Gasteiger partial charge is 0.312 e. The van der Waals surface area contributed by atoms with Gasteiger partial charge in [-0.25, -0.2) is 0 Å². The molecule has 0 saturated heterocycles. The van der Waals surface area contributed by atoms with E-state index in [-0.39, 0.29) is 13.0 Å². The number of aliphatic hydroxyl groups excluding tert-OH is 1. The van der Waals surface area contributed by atoms with Crippen molar-refractivity contribution in [2.75, 3.05) is 11.6 Å². The summed E-state index contributed by atoms with van der Waals surface area (Å²) >= 11 is 0. The number of anilines is 1. The van der Waals surface area contributed by atoms with Crippen LogP contribution < -0.4 is 5.01 Å². The molecule has 0 bridgehead atoms. The second-order valence-electron chi connectivity index (χ2n) is 5.10. The Morgan fingerprint density at radius 3 is 2.26 bits per heavy atom. The zero-order valence-corrected chi connectivity index (χ0v) is 12.7. The Balaban J connectivity index is 2.21. The fourth-order valence-corrected chi connectivity index (χ4v) is 2.12. The van der Waals surface area contributed by atoms with Crippen LogP contribution in [-0.2, 0) is 11.3 Å². The summed E-state index contributed by atoms with van der Waals surface area (Å²) in [5.41, 5.74) is 1.95. The van der Waals surface area contributed by atoms with Crippen molar-refractivity contribution >= 4 is 17.9 Å². The SMILES string of the molecule is O=C(O)C(C=NN(Cc1ccccc1)c1ccccc1)CCO. The van der Waals surface area contributed by atoms with Gasteiger partial charge < -0.3 is 10.2 Å². The van der Waals surface area contributed by atoms with E-state index >= 15 is 0 Å². The maximum Gasteiger partial charge on any atom is 0.312 e. The van der Waals surface area contributed by atoms with Crippen LogP contribution in [0, 0.1) is 5.92 Å². The second kappa shape index (κ2) is 8.70. The Bertz CT molecular complexity index is 629. The molecule has 5 nitrogen and oxygen atoms in total. The van der Waals surface area contributed by atoms with Gasteiger partial charge in [-0.1, -0.05) is 48.5 Å². The first-order valence-corrected chi connectivity index (χ1v) is 7.45. The average molecular weight is 312 g/mol. The monoisotopic (exact) mass is 312 g/mol. The van der Waals surface area contributed by atoms with E-state index in [4.69, 9.17) is 10.2 Å². The van der Waals surface area contributed by atoms with Crippen LogP contribution in [0.1, 0.15) is 12.0 Å². The zero-order chi connectivity index (χ0) is 16.5. The highest BCUT2D eigenvalue weighted by atomic mass is 16.4. The van der Waals surface area contributed by atoms with Crippen molar-refractivity contribution < 1.29 is 15.0 Å². The molecule has 0 aliphatic heterocycles. The molecule has 0 fully saturated rings. The van der Waals surface area contributed by atoms with Crippen molar-refractivity contribution in [1.29, 1.82) is 0 Å². The number of hydrogen-bond donors (Lipinski definition) is 2. The fraction of sp³-hybridized carbons (Fsp3) is 0.222. The Morgan fingerprint density at radius 2 is 1.70 bits per heavy atom. The number of aliphatic carboxylic acids is 1. The summed E-state index contributed by atoms with van der Waals surface area (Å²) in [4.78, 5) is 11.2. The van der Waals surface area contributed by atoms with Gasteiger partial charge in [0.15, 0.2) is 0 Å². The van der Waals surface area contributed by atoms with Crippen LogP contribution in [0.3, 0.4) is 0 Å². The van der Waals surface area contributed by atoms with E-state index in [9.17, 15) is 4.79 Å². The van der Waals surface area contributed by atoms with Crippen molar-refractivity contribution in [3.05, 3.63) is 66.2 Å². The molecule has 0 aromatic heterocycles. The van der Waals surface area contributed by atoms with Crippen LogP contribution in [0.5, 0.6) is 0 Å². The molecule has 0 saturated carbocycles. The largest absolute Gasteiger partial charge is 0.481 e. The maximum atomic E-state index is 11.2. The minimum absolute atomic E-state index is 0.146. The van der Waals surface area contributed by atoms with Gasteiger partial charge >= 0.3 is 5.97 Å². The van der Waals surface area contributed by atoms with Crippen LogP contribution in [0.15, 0.2) is 65.8 Å². The third-order valence-corrected chi connectivity index (χ3v) is 3.37. The summed E-state index contributed by atoms with van der Waals surface area (Å²) in [5, 5.41) is 24.2. The molecule has 0 aliphatic carbocycles. The Hall–Kier alpha value is -2.66. The van der Waals surface area contributed by atoms with Crippen molar-refractivity contribution in [2.24, 2.45) is 11.0 Å². The lowest BCUT2D eigenvalue weighted by Gasteiger charge is -2.20. The number of carbonyl (C=O) groups is 1. The van der Waals surface area contributed by atoms with Gasteiger partial charge in [-0.05, 0) is 24.1 Å². The highest BCUT2D eigenvalue weighted by molar-refractivity contribution is 5.88. The predicted molar refractivity (Wildman–Crippen MR) is 90.4 cm³/mol. The van der Waals surface area contributed by atoms with Crippen LogP contribution >= 0.6 is 0 Å². The molecule has 120 valence electrons. The van der Waals surface area contributed by atoms with Crippen molar-refractivity contribution in [1.82, 2.24) is 0 Å². The lowest BCUT2D eigenvalue weighted by atomic mass is 10.1. The third-order valence-electron chi connectivity index (χ3n) is 3.37. The lowest BCUT2D eigenvalue weighted by molar-refractivity contribution is -0.139. The summed E-state index contributed by atoms with van der Waals surface area (Å²) in [6.07, 6.45) is 1.53. The lowest BCUT2D eigenvalue weighted by Crippen LogP contribution is -2.21. The van der Waals surface area contributed by atoms with Crippen molar-refractivity contribution in [3.63, 3.8) is 0 Å². The van der Waals surface area contributed by atoms with Gasteiger partial charge in [0.25, 0.3) is 0 Å². The van der Waals surface area contributed by atoms with E-state index in [1.165, 1.54) is 6.21 Å². The molecular formula is C18H20N2O3. The summed E-state index contributed by atoms with van der Waals surface area (Å²) < 4.78 is 0. The highest BCUT2D eigenvalue weighted by Gasteiger charge is 2.15. The molecule has 5 heteroatoms. The van der Waals surface area contributed by atoms with Gasteiger partial charge in [0.05, 0.1) is 18.2 Å². The molecule has 0 amide bonds. The molecule has 2 aromatic rings. The van der Waals surface area contributed by atoms with Gasteiger partial charge in [-0.3, -0.25) is 9.80 Å². The molecule has 23 heavy (non-hydrogen) atoms. The van der Waals surface area contributed by atoms with Crippen LogP contribution in [-0.4, -0.2) is 29.0 Å². The number of carboxylic acid groups (broad SMARTS) is 1. The summed E-state index contributed by atoms with van der Waals surface area (Å²) in [6.45, 7) is 0.347. The Morgan fingerprint density at radius 1 is 1.09 bits per heavy atom. The normalized spacial score (nSPS) is 12.2. The molecule has 1 unspecified atom stereocenters. The molecular weight excluding hydrogens is 292 g/mol. The van der Waals surface area contributed by atoms with Crippen LogP contribution in [0.2, 0.25) is 0 Å². The first-order chi connectivity index (χ1) is 11.2. The zero-order valence-electron chi connectivity index (χ0n) is 12.7. The summed E-state index contributed by atoms with van der Waals surface area (Å²) in [5.74, 6) is -1.79. The highest BCUT2D eigenvalue weighted by Crippen LogP contribution is 2.17. The van der Waals surface area contributed by atoms with Gasteiger partial charge in [0, 0.05) is 12.8 Å². The third kappa shape index (κ3) is 5.23. The number of rotatable bonds is 8. The van der Waals surface area contributed by atoms with E-state index in [1.54, 1.807) is 5.01 Å². The number of hydrazone groups is 1. The quantitative estimate of drug-likeness (QED) is 0.581. The number of carboxylic acids is 1. The molecule has 2 rings (SSSR count). The number of nitrogens with zero attached hydrogens (tertiary/aromatic N) is 2. The van der Waals surface area contributed by atoms with Gasteiger partial charge in [0.1, 0.15) is 0 Å². The van der Waals surface area contributed by atoms with Crippen LogP contribution in [0.25, 0.3) is 0 Å². The molecule has 0 aliphatic rings. The minimum atomic E-state index is -0.990. The van der Waals surface area contributed by atoms with Crippen LogP contribution in [0.4, 0.5) is 5.69 Å². The van der Waals surface area contributed by atoms with Gasteiger partial charge in [0.2, 0.25) is 0 Å². The number of hydrogen-bond acceptors (Lipinski definition) is 4. The second-order valence-corrected chi connectivity index (χ2v) is 5.10. The molecule has 0 radical (unpaired) electrons. The Labute approximate surface area is 135 Å². The predicted octanol–water partition coefficient (Wildman–Crippen LogP) is 2.76. The topological polar surface area (TPSA) is 73.1 Å². The van der Waals surface area contributed by atoms with Crippen molar-refractivity contribution in [3.8, 4) is 0 Å². The maximum absolute atomic E-state index is 11.2. The van der Waals surface area contributed by atoms with E-state index in [0.717, 1.165) is 11.3 Å². The molecule has 0 spiro atoms. The number of para-hydroxylation sites is 1. The fourth-order valence-electron chi connectivity index (χ4n) is 2.12. The number of aliphatic hydroxyl groups is 1. The Kier molecular flexibility index (Phi) is 6.32. The molecule has 1 atom stereocenters. The van der Waals surface area contributed by atoms with Gasteiger partial charge in [-0.2, -0.15) is 5.10 Å². The van der Waals surface area contributed by atoms with E-state index < -0.39 is 11.9 Å². The van der Waals surface area contributed by atoms with E-state index in [0.29, 0.717) is 6.54 Å². The first kappa shape index (κ1) is 16.7. The first-order valence-electron chi connectivity index (χ1n) is 7.45. The standard InChI is InChI=1S/C18H20N2O3/c21-12-11-16(18(22)23)13-19-20(17-9-5-2-6-10-17)14-15-7-3-1-4-8-15/h1-10,13,16,21H,11-12,14H2,(H,22,23). The van der Waals surface area contributed by atoms with Gasteiger partial charge in [-0.15, -0.1) is 0 Å². The molecule has 2 N–H and O–H groups in total. The van der Waals surface area contributed by atoms with E-state index in [1.807, 2.05) is 60.7 Å². The summed E-state index contributed by atoms with van der Waals surface area (Å²) in [6, 6.07) is 19.4. The summed E-state index contributed by atoms with van der Waals surface area (Å²) in [7, 11) is 0.